The van der Waals surface area contributed by atoms with Gasteiger partial charge in [-0.15, -0.1) is 0 Å². The van der Waals surface area contributed by atoms with Gasteiger partial charge in [-0.25, -0.2) is 4.39 Å². The summed E-state index contributed by atoms with van der Waals surface area (Å²) in [6.07, 6.45) is 0.541. The molecule has 0 heterocycles. The summed E-state index contributed by atoms with van der Waals surface area (Å²) < 4.78 is 13.0. The second kappa shape index (κ2) is 3.94. The van der Waals surface area contributed by atoms with Crippen LogP contribution < -0.4 is 0 Å². The molecule has 68 valence electrons. The lowest BCUT2D eigenvalue weighted by Gasteiger charge is -2.02. The van der Waals surface area contributed by atoms with Gasteiger partial charge in [0.05, 0.1) is 5.56 Å². The third-order valence-electron chi connectivity index (χ3n) is 1.70. The Morgan fingerprint density at radius 3 is 2.77 bits per heavy atom. The molecule has 0 N–H and O–H groups in total. The molecule has 0 aliphatic heterocycles. The Kier molecular flexibility index (Phi) is 2.90. The zero-order valence-electron chi connectivity index (χ0n) is 7.21. The van der Waals surface area contributed by atoms with Gasteiger partial charge in [0.1, 0.15) is 11.6 Å². The van der Waals surface area contributed by atoms with Crippen molar-refractivity contribution in [1.29, 1.82) is 0 Å². The van der Waals surface area contributed by atoms with E-state index in [1.165, 1.54) is 19.1 Å². The summed E-state index contributed by atoms with van der Waals surface area (Å²) in [5, 5.41) is 0. The molecule has 0 aliphatic rings. The molecule has 0 spiro atoms. The van der Waals surface area contributed by atoms with Crippen LogP contribution in [0.1, 0.15) is 22.8 Å². The smallest absolute Gasteiger partial charge is 0.153 e. The molecule has 1 aromatic rings. The van der Waals surface area contributed by atoms with Crippen LogP contribution in [0.5, 0.6) is 0 Å². The summed E-state index contributed by atoms with van der Waals surface area (Å²) >= 11 is 0. The van der Waals surface area contributed by atoms with Gasteiger partial charge in [0.15, 0.2) is 6.29 Å². The molecule has 0 saturated heterocycles. The summed E-state index contributed by atoms with van der Waals surface area (Å²) in [6.45, 7) is 1.40. The fourth-order valence-corrected chi connectivity index (χ4v) is 1.14. The Hall–Kier alpha value is -1.51. The van der Waals surface area contributed by atoms with Gasteiger partial charge in [0, 0.05) is 6.42 Å². The number of carbonyl (C=O) groups is 2. The number of hydrogen-bond acceptors (Lipinski definition) is 2. The largest absolute Gasteiger partial charge is 0.300 e. The van der Waals surface area contributed by atoms with Crippen molar-refractivity contribution in [2.24, 2.45) is 0 Å². The van der Waals surface area contributed by atoms with E-state index in [0.29, 0.717) is 11.8 Å². The number of hydrogen-bond donors (Lipinski definition) is 0. The van der Waals surface area contributed by atoms with Gasteiger partial charge in [-0.3, -0.25) is 9.59 Å². The molecule has 0 saturated carbocycles. The molecule has 1 aromatic carbocycles. The highest BCUT2D eigenvalue weighted by Gasteiger charge is 2.08. The minimum absolute atomic E-state index is 0.0160. The number of aldehydes is 1. The highest BCUT2D eigenvalue weighted by atomic mass is 19.1. The average Bonchev–Trinajstić information content (AvgIpc) is 2.03. The number of halogens is 1. The third kappa shape index (κ3) is 2.21. The van der Waals surface area contributed by atoms with Gasteiger partial charge in [0.25, 0.3) is 0 Å². The van der Waals surface area contributed by atoms with Crippen LogP contribution in [-0.4, -0.2) is 12.1 Å². The van der Waals surface area contributed by atoms with E-state index in [1.54, 1.807) is 6.07 Å². The maximum atomic E-state index is 13.0. The number of ketones is 1. The molecule has 1 rings (SSSR count). The molecule has 2 nitrogen and oxygen atoms in total. The minimum Gasteiger partial charge on any atom is -0.300 e. The van der Waals surface area contributed by atoms with Gasteiger partial charge in [-0.05, 0) is 18.6 Å². The fourth-order valence-electron chi connectivity index (χ4n) is 1.14. The minimum atomic E-state index is -0.575. The van der Waals surface area contributed by atoms with Crippen molar-refractivity contribution in [3.8, 4) is 0 Å². The highest BCUT2D eigenvalue weighted by molar-refractivity contribution is 5.84. The van der Waals surface area contributed by atoms with Crippen LogP contribution in [-0.2, 0) is 11.2 Å². The van der Waals surface area contributed by atoms with E-state index in [0.717, 1.165) is 0 Å². The van der Waals surface area contributed by atoms with Crippen molar-refractivity contribution in [2.45, 2.75) is 13.3 Å². The molecule has 0 atom stereocenters. The summed E-state index contributed by atoms with van der Waals surface area (Å²) in [6, 6.07) is 4.27. The lowest BCUT2D eigenvalue weighted by Crippen LogP contribution is -2.02. The summed E-state index contributed by atoms with van der Waals surface area (Å²) in [7, 11) is 0. The predicted octanol–water partition coefficient (Wildman–Crippen LogP) is 1.77. The maximum Gasteiger partial charge on any atom is 0.153 e. The van der Waals surface area contributed by atoms with Gasteiger partial charge in [-0.1, -0.05) is 12.1 Å². The lowest BCUT2D eigenvalue weighted by atomic mass is 10.0. The molecule has 0 bridgehead atoms. The van der Waals surface area contributed by atoms with E-state index in [2.05, 4.69) is 0 Å². The maximum absolute atomic E-state index is 13.0. The zero-order chi connectivity index (χ0) is 9.84. The summed E-state index contributed by atoms with van der Waals surface area (Å²) in [5.74, 6) is -0.664. The quantitative estimate of drug-likeness (QED) is 0.664. The van der Waals surface area contributed by atoms with Crippen molar-refractivity contribution in [2.75, 3.05) is 0 Å². The van der Waals surface area contributed by atoms with Crippen LogP contribution in [0.4, 0.5) is 4.39 Å². The predicted molar refractivity (Wildman–Crippen MR) is 46.2 cm³/mol. The van der Waals surface area contributed by atoms with Crippen LogP contribution in [0.2, 0.25) is 0 Å². The van der Waals surface area contributed by atoms with Crippen molar-refractivity contribution in [3.05, 3.63) is 35.1 Å². The van der Waals surface area contributed by atoms with Gasteiger partial charge < -0.3 is 0 Å². The molecule has 0 aliphatic carbocycles. The standard InChI is InChI=1S/C10H9FO2/c1-7(13)5-8-3-2-4-10(11)9(8)6-12/h2-4,6H,5H2,1H3. The van der Waals surface area contributed by atoms with Gasteiger partial charge >= 0.3 is 0 Å². The Bertz CT molecular complexity index is 345. The van der Waals surface area contributed by atoms with Gasteiger partial charge in [0.2, 0.25) is 0 Å². The molecular weight excluding hydrogens is 171 g/mol. The van der Waals surface area contributed by atoms with Crippen LogP contribution in [0.25, 0.3) is 0 Å². The number of benzene rings is 1. The van der Waals surface area contributed by atoms with E-state index in [1.807, 2.05) is 0 Å². The van der Waals surface area contributed by atoms with E-state index in [4.69, 9.17) is 0 Å². The first kappa shape index (κ1) is 9.58. The summed E-state index contributed by atoms with van der Waals surface area (Å²) in [4.78, 5) is 21.2. The van der Waals surface area contributed by atoms with Crippen molar-refractivity contribution >= 4 is 12.1 Å². The number of rotatable bonds is 3. The van der Waals surface area contributed by atoms with Gasteiger partial charge in [-0.2, -0.15) is 0 Å². The van der Waals surface area contributed by atoms with Crippen LogP contribution in [0.3, 0.4) is 0 Å². The highest BCUT2D eigenvalue weighted by Crippen LogP contribution is 2.11. The summed E-state index contributed by atoms with van der Waals surface area (Å²) in [5.41, 5.74) is 0.431. The lowest BCUT2D eigenvalue weighted by molar-refractivity contribution is -0.116. The second-order valence-corrected chi connectivity index (χ2v) is 2.81. The molecule has 0 aromatic heterocycles. The first-order chi connectivity index (χ1) is 6.15. The topological polar surface area (TPSA) is 34.1 Å². The SMILES string of the molecule is CC(=O)Cc1cccc(F)c1C=O. The first-order valence-corrected chi connectivity index (χ1v) is 3.87. The Balaban J connectivity index is 3.12. The Labute approximate surface area is 75.4 Å². The number of carbonyl (C=O) groups excluding carboxylic acids is 2. The molecule has 0 radical (unpaired) electrons. The van der Waals surface area contributed by atoms with Crippen molar-refractivity contribution in [3.63, 3.8) is 0 Å². The fraction of sp³-hybridized carbons (Fsp3) is 0.200. The molecule has 13 heavy (non-hydrogen) atoms. The molecule has 0 unspecified atom stereocenters. The zero-order valence-corrected chi connectivity index (χ0v) is 7.21. The van der Waals surface area contributed by atoms with Crippen LogP contribution >= 0.6 is 0 Å². The molecule has 3 heteroatoms. The van der Waals surface area contributed by atoms with E-state index in [-0.39, 0.29) is 17.8 Å². The van der Waals surface area contributed by atoms with Crippen molar-refractivity contribution in [1.82, 2.24) is 0 Å². The molecule has 0 amide bonds. The van der Waals surface area contributed by atoms with Crippen LogP contribution in [0, 0.1) is 5.82 Å². The second-order valence-electron chi connectivity index (χ2n) is 2.81. The third-order valence-corrected chi connectivity index (χ3v) is 1.70. The Morgan fingerprint density at radius 1 is 1.54 bits per heavy atom. The van der Waals surface area contributed by atoms with E-state index < -0.39 is 5.82 Å². The van der Waals surface area contributed by atoms with Crippen molar-refractivity contribution < 1.29 is 14.0 Å². The van der Waals surface area contributed by atoms with E-state index >= 15 is 0 Å². The van der Waals surface area contributed by atoms with Crippen LogP contribution in [0.15, 0.2) is 18.2 Å². The first-order valence-electron chi connectivity index (χ1n) is 3.87. The molecule has 0 fully saturated rings. The van der Waals surface area contributed by atoms with E-state index in [9.17, 15) is 14.0 Å². The number of Topliss-reactive ketones (excluding diaryl/α,β-unsaturated/α-hetero) is 1. The Morgan fingerprint density at radius 2 is 2.23 bits per heavy atom. The normalized spacial score (nSPS) is 9.69. The average molecular weight is 180 g/mol. The monoisotopic (exact) mass is 180 g/mol. The molecular formula is C10H9FO2.